The molecule has 0 aromatic rings. The van der Waals surface area contributed by atoms with Gasteiger partial charge in [0.15, 0.2) is 11.6 Å². The summed E-state index contributed by atoms with van der Waals surface area (Å²) >= 11 is 0. The Kier molecular flexibility index (Phi) is 2.90. The highest BCUT2D eigenvalue weighted by Crippen LogP contribution is 2.77. The molecule has 2 N–H and O–H groups in total. The van der Waals surface area contributed by atoms with Gasteiger partial charge in [0.25, 0.3) is 0 Å². The lowest BCUT2D eigenvalue weighted by Crippen LogP contribution is -2.79. The van der Waals surface area contributed by atoms with Crippen LogP contribution in [0.2, 0.25) is 0 Å². The third kappa shape index (κ3) is 1.45. The Bertz CT molecular complexity index is 683. The molecule has 4 saturated carbocycles. The van der Waals surface area contributed by atoms with Crippen LogP contribution in [0.25, 0.3) is 0 Å². The Morgan fingerprint density at radius 3 is 2.64 bits per heavy atom. The maximum absolute atomic E-state index is 13.5. The second kappa shape index (κ2) is 4.40. The first kappa shape index (κ1) is 16.5. The number of Topliss-reactive ketones (excluding diaryl/α,β-unsaturated/α-hetero) is 1. The monoisotopic (exact) mass is 346 g/mol. The van der Waals surface area contributed by atoms with Crippen molar-refractivity contribution in [2.75, 3.05) is 6.61 Å². The van der Waals surface area contributed by atoms with Crippen molar-refractivity contribution in [1.82, 2.24) is 0 Å². The molecule has 2 saturated heterocycles. The fourth-order valence-corrected chi connectivity index (χ4v) is 8.25. The molecule has 6 aliphatic rings. The van der Waals surface area contributed by atoms with Gasteiger partial charge in [-0.15, -0.1) is 0 Å². The molecule has 2 spiro atoms. The minimum Gasteiger partial charge on any atom is -0.392 e. The maximum atomic E-state index is 13.5. The Morgan fingerprint density at radius 1 is 1.20 bits per heavy atom. The zero-order valence-electron chi connectivity index (χ0n) is 15.5. The van der Waals surface area contributed by atoms with Gasteiger partial charge in [0.2, 0.25) is 0 Å². The van der Waals surface area contributed by atoms with Gasteiger partial charge >= 0.3 is 0 Å². The van der Waals surface area contributed by atoms with Gasteiger partial charge in [-0.1, -0.05) is 27.4 Å². The fourth-order valence-electron chi connectivity index (χ4n) is 8.25. The van der Waals surface area contributed by atoms with E-state index in [9.17, 15) is 15.0 Å². The van der Waals surface area contributed by atoms with E-state index >= 15 is 0 Å². The van der Waals surface area contributed by atoms with Crippen molar-refractivity contribution in [1.29, 1.82) is 0 Å². The predicted molar refractivity (Wildman–Crippen MR) is 92.4 cm³/mol. The van der Waals surface area contributed by atoms with Gasteiger partial charge in [-0.2, -0.15) is 0 Å². The third-order valence-corrected chi connectivity index (χ3v) is 9.36. The molecule has 4 aliphatic carbocycles. The lowest BCUT2D eigenvalue weighted by molar-refractivity contribution is -0.422. The second-order valence-electron chi connectivity index (χ2n) is 10.2. The van der Waals surface area contributed by atoms with Crippen molar-refractivity contribution in [3.8, 4) is 0 Å². The van der Waals surface area contributed by atoms with E-state index in [-0.39, 0.29) is 34.9 Å². The number of aliphatic hydroxyl groups is 2. The first-order chi connectivity index (χ1) is 11.6. The minimum absolute atomic E-state index is 0.00919. The summed E-state index contributed by atoms with van der Waals surface area (Å²) in [6.45, 7) is 11.1. The van der Waals surface area contributed by atoms with Gasteiger partial charge in [-0.25, -0.2) is 0 Å². The van der Waals surface area contributed by atoms with Gasteiger partial charge in [0.05, 0.1) is 18.1 Å². The highest BCUT2D eigenvalue weighted by molar-refractivity contribution is 6.04. The van der Waals surface area contributed by atoms with Crippen molar-refractivity contribution in [3.05, 3.63) is 12.2 Å². The molecule has 6 fully saturated rings. The molecule has 4 heteroatoms. The van der Waals surface area contributed by atoms with E-state index in [0.29, 0.717) is 18.6 Å². The Labute approximate surface area is 149 Å². The number of carbonyl (C=O) groups excluding carboxylic acids is 1. The van der Waals surface area contributed by atoms with Crippen LogP contribution in [0.3, 0.4) is 0 Å². The zero-order chi connectivity index (χ0) is 18.0. The molecule has 0 aromatic heterocycles. The molecule has 2 aliphatic heterocycles. The van der Waals surface area contributed by atoms with E-state index in [4.69, 9.17) is 4.74 Å². The van der Waals surface area contributed by atoms with E-state index in [1.807, 2.05) is 0 Å². The number of carbonyl (C=O) groups is 1. The van der Waals surface area contributed by atoms with Crippen molar-refractivity contribution in [3.63, 3.8) is 0 Å². The molecule has 0 aromatic carbocycles. The average molecular weight is 346 g/mol. The maximum Gasteiger partial charge on any atom is 0.179 e. The summed E-state index contributed by atoms with van der Waals surface area (Å²) in [5, 5.41) is 22.9. The van der Waals surface area contributed by atoms with Crippen LogP contribution in [0.15, 0.2) is 12.2 Å². The largest absolute Gasteiger partial charge is 0.392 e. The fraction of sp³-hybridized carbons (Fsp3) is 0.857. The van der Waals surface area contributed by atoms with Crippen LogP contribution >= 0.6 is 0 Å². The highest BCUT2D eigenvalue weighted by Gasteiger charge is 2.82. The topological polar surface area (TPSA) is 66.8 Å². The summed E-state index contributed by atoms with van der Waals surface area (Å²) in [6.07, 6.45) is 3.54. The molecule has 2 heterocycles. The molecule has 0 radical (unpaired) electrons. The smallest absolute Gasteiger partial charge is 0.179 e. The Balaban J connectivity index is 1.77. The SMILES string of the molecule is C=C1C(=O)[C@]23C(C)[C@H]1CC[C@H]2[C@@]12CO[C@@]3(O)C[C@@H]1C(C)(C)CC[C@@H]2O. The summed E-state index contributed by atoms with van der Waals surface area (Å²) in [5.41, 5.74) is -0.601. The summed E-state index contributed by atoms with van der Waals surface area (Å²) < 4.78 is 6.10. The van der Waals surface area contributed by atoms with E-state index in [2.05, 4.69) is 27.4 Å². The van der Waals surface area contributed by atoms with Crippen molar-refractivity contribution in [2.24, 2.45) is 39.9 Å². The van der Waals surface area contributed by atoms with Crippen LogP contribution in [0.1, 0.15) is 52.9 Å². The molecule has 4 nitrogen and oxygen atoms in total. The molecule has 138 valence electrons. The van der Waals surface area contributed by atoms with Gasteiger partial charge in [0, 0.05) is 11.8 Å². The molecule has 0 amide bonds. The molecule has 8 atom stereocenters. The van der Waals surface area contributed by atoms with E-state index in [1.54, 1.807) is 0 Å². The Morgan fingerprint density at radius 2 is 1.92 bits per heavy atom. The molecule has 1 unspecified atom stereocenters. The van der Waals surface area contributed by atoms with Crippen LogP contribution in [-0.4, -0.2) is 34.5 Å². The number of allylic oxidation sites excluding steroid dienone is 1. The van der Waals surface area contributed by atoms with E-state index in [0.717, 1.165) is 25.7 Å². The van der Waals surface area contributed by atoms with Crippen LogP contribution < -0.4 is 0 Å². The molecule has 4 bridgehead atoms. The number of ketones is 1. The van der Waals surface area contributed by atoms with Gasteiger partial charge < -0.3 is 14.9 Å². The number of rotatable bonds is 0. The summed E-state index contributed by atoms with van der Waals surface area (Å²) in [7, 11) is 0. The van der Waals surface area contributed by atoms with Gasteiger partial charge in [0.1, 0.15) is 0 Å². The number of ether oxygens (including phenoxy) is 1. The summed E-state index contributed by atoms with van der Waals surface area (Å²) in [5.74, 6) is -1.03. The first-order valence-corrected chi connectivity index (χ1v) is 9.91. The summed E-state index contributed by atoms with van der Waals surface area (Å²) in [4.78, 5) is 13.5. The lowest BCUT2D eigenvalue weighted by Gasteiger charge is -2.73. The number of fused-ring (bicyclic) bond motifs is 2. The van der Waals surface area contributed by atoms with Crippen molar-refractivity contribution in [2.45, 2.75) is 64.8 Å². The first-order valence-electron chi connectivity index (χ1n) is 9.91. The second-order valence-corrected chi connectivity index (χ2v) is 10.2. The van der Waals surface area contributed by atoms with E-state index in [1.165, 1.54) is 0 Å². The quantitative estimate of drug-likeness (QED) is 0.662. The standard InChI is InChI=1S/C21H30O4/c1-11-13-5-6-14-19-10-25-20(24,21(14,12(13)2)17(11)23)9-15(19)18(3,4)8-7-16(19)22/h12-16,22,24H,1,5-10H2,2-4H3/t12?,13-,14-,15+,16-,19-,20-,21-/m0/s1. The normalized spacial score (nSPS) is 58.8. The third-order valence-electron chi connectivity index (χ3n) is 9.36. The highest BCUT2D eigenvalue weighted by atomic mass is 16.6. The van der Waals surface area contributed by atoms with Gasteiger partial charge in [-0.05, 0) is 60.3 Å². The molecular formula is C21H30O4. The van der Waals surface area contributed by atoms with Crippen LogP contribution in [0.5, 0.6) is 0 Å². The predicted octanol–water partition coefficient (Wildman–Crippen LogP) is 2.68. The number of hydrogen-bond donors (Lipinski definition) is 2. The van der Waals surface area contributed by atoms with Gasteiger partial charge in [-0.3, -0.25) is 4.79 Å². The Hall–Kier alpha value is -0.710. The average Bonchev–Trinajstić information content (AvgIpc) is 2.68. The minimum atomic E-state index is -1.41. The lowest BCUT2D eigenvalue weighted by atomic mass is 9.35. The summed E-state index contributed by atoms with van der Waals surface area (Å²) in [6, 6.07) is 0. The number of hydrogen-bond acceptors (Lipinski definition) is 4. The molecule has 25 heavy (non-hydrogen) atoms. The van der Waals surface area contributed by atoms with Crippen molar-refractivity contribution < 1.29 is 19.7 Å². The molecular weight excluding hydrogens is 316 g/mol. The van der Waals surface area contributed by atoms with Crippen LogP contribution in [0.4, 0.5) is 0 Å². The van der Waals surface area contributed by atoms with E-state index < -0.39 is 22.7 Å². The van der Waals surface area contributed by atoms with Crippen LogP contribution in [0, 0.1) is 39.9 Å². The van der Waals surface area contributed by atoms with Crippen molar-refractivity contribution >= 4 is 5.78 Å². The molecule has 6 rings (SSSR count). The zero-order valence-corrected chi connectivity index (χ0v) is 15.5. The van der Waals surface area contributed by atoms with Crippen LogP contribution in [-0.2, 0) is 9.53 Å². The number of aliphatic hydroxyl groups excluding tert-OH is 1.